The summed E-state index contributed by atoms with van der Waals surface area (Å²) in [5, 5.41) is 0. The summed E-state index contributed by atoms with van der Waals surface area (Å²) < 4.78 is 61.2. The summed E-state index contributed by atoms with van der Waals surface area (Å²) in [6.07, 6.45) is 5.88. The Kier molecular flexibility index (Phi) is 9.51. The Bertz CT molecular complexity index is 1440. The second-order valence-corrected chi connectivity index (χ2v) is 8.27. The number of nitrogens with two attached hydrogens (primary N) is 1. The number of halogens is 4. The third-order valence-corrected chi connectivity index (χ3v) is 5.60. The van der Waals surface area contributed by atoms with Crippen molar-refractivity contribution in [2.24, 2.45) is 5.73 Å². The lowest BCUT2D eigenvalue weighted by atomic mass is 10.0. The van der Waals surface area contributed by atoms with Crippen LogP contribution in [0.15, 0.2) is 48.8 Å². The number of fused-ring (bicyclic) bond motifs is 2. The van der Waals surface area contributed by atoms with Crippen molar-refractivity contribution < 1.29 is 27.1 Å². The maximum atomic E-state index is 14.4. The minimum absolute atomic E-state index is 0.0125. The van der Waals surface area contributed by atoms with Crippen molar-refractivity contribution in [3.8, 4) is 16.9 Å². The molecule has 1 aliphatic rings. The number of primary amides is 1. The van der Waals surface area contributed by atoms with E-state index in [0.717, 1.165) is 31.2 Å². The molecular weight excluding hydrogens is 520 g/mol. The summed E-state index contributed by atoms with van der Waals surface area (Å²) in [7, 11) is 3.18. The second-order valence-electron chi connectivity index (χ2n) is 8.27. The van der Waals surface area contributed by atoms with Crippen LogP contribution in [-0.2, 0) is 6.42 Å². The summed E-state index contributed by atoms with van der Waals surface area (Å²) in [6.45, 7) is 0.886. The van der Waals surface area contributed by atoms with E-state index >= 15 is 0 Å². The zero-order valence-electron chi connectivity index (χ0n) is 20.9. The van der Waals surface area contributed by atoms with E-state index in [2.05, 4.69) is 34.7 Å². The van der Waals surface area contributed by atoms with Crippen LogP contribution in [0.2, 0.25) is 0 Å². The molecule has 2 aromatic carbocycles. The van der Waals surface area contributed by atoms with Crippen LogP contribution in [0.4, 0.5) is 23.2 Å². The van der Waals surface area contributed by atoms with Gasteiger partial charge < -0.3 is 15.4 Å². The third kappa shape index (κ3) is 5.99. The van der Waals surface area contributed by atoms with E-state index in [1.54, 1.807) is 20.4 Å². The molecule has 1 aliphatic heterocycles. The average Bonchev–Trinajstić information content (AvgIpc) is 2.91. The van der Waals surface area contributed by atoms with E-state index < -0.39 is 40.3 Å². The molecule has 0 saturated heterocycles. The second kappa shape index (κ2) is 12.6. The van der Waals surface area contributed by atoms with E-state index in [4.69, 9.17) is 10.5 Å². The number of thiol groups is 1. The van der Waals surface area contributed by atoms with Gasteiger partial charge in [-0.1, -0.05) is 18.2 Å². The standard InChI is InChI=1S/C17H12F4N4O.C9H10O.CH4S/c1-25(2)16-9(17(22)26)5-23-14-12(11(20)6-24-15(14)16)8-3-7(18)4-10(19)13(8)21;1-2-6-9-8(4-1)5-3-7-10-9;1-2/h3-6H,1-2H3,(H2,22,26);1-2,4,6H,3,5,7H2;2H,1H3. The number of aromatic nitrogens is 2. The number of nitrogens with zero attached hydrogens (tertiary/aromatic N) is 3. The molecule has 3 heterocycles. The van der Waals surface area contributed by atoms with Crippen molar-refractivity contribution in [1.82, 2.24) is 9.97 Å². The molecule has 1 amide bonds. The average molecular weight is 547 g/mol. The number of benzene rings is 2. The molecule has 0 unspecified atom stereocenters. The highest BCUT2D eigenvalue weighted by Gasteiger charge is 2.24. The van der Waals surface area contributed by atoms with Gasteiger partial charge in [0.05, 0.1) is 29.6 Å². The van der Waals surface area contributed by atoms with E-state index in [1.807, 2.05) is 12.1 Å². The molecule has 4 aromatic rings. The molecule has 0 aliphatic carbocycles. The topological polar surface area (TPSA) is 81.3 Å². The van der Waals surface area contributed by atoms with Crippen LogP contribution in [-0.4, -0.2) is 42.8 Å². The molecule has 200 valence electrons. The number of anilines is 1. The molecule has 0 spiro atoms. The number of pyridine rings is 2. The van der Waals surface area contributed by atoms with Crippen LogP contribution in [0.25, 0.3) is 22.2 Å². The summed E-state index contributed by atoms with van der Waals surface area (Å²) in [6, 6.07) is 9.26. The van der Waals surface area contributed by atoms with Gasteiger partial charge in [0.25, 0.3) is 5.91 Å². The van der Waals surface area contributed by atoms with Gasteiger partial charge in [0, 0.05) is 31.9 Å². The molecule has 0 saturated carbocycles. The van der Waals surface area contributed by atoms with Gasteiger partial charge in [-0.25, -0.2) is 22.5 Å². The van der Waals surface area contributed by atoms with E-state index in [9.17, 15) is 22.4 Å². The maximum Gasteiger partial charge on any atom is 0.252 e. The molecule has 2 N–H and O–H groups in total. The van der Waals surface area contributed by atoms with Crippen molar-refractivity contribution in [2.45, 2.75) is 12.8 Å². The first-order chi connectivity index (χ1) is 18.2. The molecule has 11 heteroatoms. The molecule has 38 heavy (non-hydrogen) atoms. The summed E-state index contributed by atoms with van der Waals surface area (Å²) in [5.74, 6) is -4.71. The summed E-state index contributed by atoms with van der Waals surface area (Å²) in [4.78, 5) is 21.0. The number of aryl methyl sites for hydroxylation is 1. The number of carbonyl (C=O) groups is 1. The number of para-hydroxylation sites is 1. The normalized spacial score (nSPS) is 11.8. The molecule has 0 atom stereocenters. The molecule has 2 aromatic heterocycles. The highest BCUT2D eigenvalue weighted by Crippen LogP contribution is 2.36. The molecule has 6 nitrogen and oxygen atoms in total. The highest BCUT2D eigenvalue weighted by molar-refractivity contribution is 7.79. The summed E-state index contributed by atoms with van der Waals surface area (Å²) >= 11 is 3.53. The van der Waals surface area contributed by atoms with Crippen molar-refractivity contribution in [3.05, 3.63) is 83.2 Å². The fourth-order valence-electron chi connectivity index (χ4n) is 4.02. The van der Waals surface area contributed by atoms with Crippen LogP contribution < -0.4 is 15.4 Å². The van der Waals surface area contributed by atoms with E-state index in [-0.39, 0.29) is 22.3 Å². The van der Waals surface area contributed by atoms with E-state index in [1.165, 1.54) is 16.9 Å². The Labute approximate surface area is 222 Å². The smallest absolute Gasteiger partial charge is 0.252 e. The fourth-order valence-corrected chi connectivity index (χ4v) is 4.02. The van der Waals surface area contributed by atoms with Gasteiger partial charge in [0.15, 0.2) is 17.5 Å². The Morgan fingerprint density at radius 3 is 2.34 bits per heavy atom. The molecule has 5 rings (SSSR count). The van der Waals surface area contributed by atoms with Gasteiger partial charge in [0.2, 0.25) is 0 Å². The Morgan fingerprint density at radius 1 is 1.00 bits per heavy atom. The van der Waals surface area contributed by atoms with Gasteiger partial charge in [-0.15, -0.1) is 0 Å². The van der Waals surface area contributed by atoms with Crippen molar-refractivity contribution in [3.63, 3.8) is 0 Å². The molecular formula is C27H26F4N4O2S. The maximum absolute atomic E-state index is 14.4. The van der Waals surface area contributed by atoms with Crippen molar-refractivity contribution in [1.29, 1.82) is 0 Å². The predicted octanol–water partition coefficient (Wildman–Crippen LogP) is 5.58. The molecule has 0 fully saturated rings. The Hall–Kier alpha value is -3.86. The number of amides is 1. The van der Waals surface area contributed by atoms with Crippen LogP contribution in [0, 0.1) is 23.3 Å². The van der Waals surface area contributed by atoms with Crippen molar-refractivity contribution in [2.75, 3.05) is 31.9 Å². The number of ether oxygens (including phenoxy) is 1. The lowest BCUT2D eigenvalue weighted by Gasteiger charge is -2.19. The Balaban J connectivity index is 0.000000275. The summed E-state index contributed by atoms with van der Waals surface area (Å²) in [5.41, 5.74) is 5.67. The predicted molar refractivity (Wildman–Crippen MR) is 143 cm³/mol. The monoisotopic (exact) mass is 546 g/mol. The van der Waals surface area contributed by atoms with Gasteiger partial charge in [-0.05, 0) is 36.8 Å². The zero-order chi connectivity index (χ0) is 28.0. The lowest BCUT2D eigenvalue weighted by molar-refractivity contribution is 0.100. The van der Waals surface area contributed by atoms with Gasteiger partial charge >= 0.3 is 0 Å². The number of hydrogen-bond acceptors (Lipinski definition) is 6. The number of carbonyl (C=O) groups excluding carboxylic acids is 1. The first-order valence-electron chi connectivity index (χ1n) is 11.4. The SMILES string of the molecule is CN(C)c1c(C(N)=O)cnc2c(-c3cc(F)cc(F)c3F)c(F)cnc12.CS.c1ccc2c(c1)CCCO2. The highest BCUT2D eigenvalue weighted by atomic mass is 32.1. The minimum Gasteiger partial charge on any atom is -0.493 e. The first-order valence-corrected chi connectivity index (χ1v) is 12.3. The number of hydrogen-bond donors (Lipinski definition) is 2. The van der Waals surface area contributed by atoms with Gasteiger partial charge in [0.1, 0.15) is 22.6 Å². The van der Waals surface area contributed by atoms with Gasteiger partial charge in [-0.3, -0.25) is 9.78 Å². The fraction of sp³-hybridized carbons (Fsp3) is 0.222. The molecule has 0 bridgehead atoms. The quantitative estimate of drug-likeness (QED) is 0.199. The van der Waals surface area contributed by atoms with Crippen LogP contribution in [0.5, 0.6) is 5.75 Å². The number of rotatable bonds is 3. The van der Waals surface area contributed by atoms with Crippen LogP contribution in [0.1, 0.15) is 22.3 Å². The zero-order valence-corrected chi connectivity index (χ0v) is 21.8. The minimum atomic E-state index is -1.47. The van der Waals surface area contributed by atoms with Gasteiger partial charge in [-0.2, -0.15) is 12.6 Å². The van der Waals surface area contributed by atoms with Crippen LogP contribution >= 0.6 is 12.6 Å². The first kappa shape index (κ1) is 28.7. The largest absolute Gasteiger partial charge is 0.493 e. The lowest BCUT2D eigenvalue weighted by Crippen LogP contribution is -2.20. The van der Waals surface area contributed by atoms with E-state index in [0.29, 0.717) is 12.1 Å². The Morgan fingerprint density at radius 2 is 1.68 bits per heavy atom. The van der Waals surface area contributed by atoms with Crippen molar-refractivity contribution >= 4 is 35.3 Å². The van der Waals surface area contributed by atoms with Crippen LogP contribution in [0.3, 0.4) is 0 Å². The molecule has 0 radical (unpaired) electrons. The third-order valence-electron chi connectivity index (χ3n) is 5.60.